The Kier molecular flexibility index (Phi) is 4.97. The van der Waals surface area contributed by atoms with Gasteiger partial charge in [-0.3, -0.25) is 14.9 Å². The number of amides is 2. The number of benzene rings is 1. The van der Waals surface area contributed by atoms with Gasteiger partial charge in [-0.2, -0.15) is 0 Å². The number of aryl methyl sites for hydroxylation is 1. The third kappa shape index (κ3) is 4.24. The van der Waals surface area contributed by atoms with Crippen LogP contribution in [0.5, 0.6) is 0 Å². The zero-order chi connectivity index (χ0) is 16.9. The minimum Gasteiger partial charge on any atom is -0.302 e. The van der Waals surface area contributed by atoms with Crippen LogP contribution >= 0.6 is 22.7 Å². The summed E-state index contributed by atoms with van der Waals surface area (Å²) >= 11 is 2.57. The molecule has 2 amide bonds. The summed E-state index contributed by atoms with van der Waals surface area (Å²) < 4.78 is 0. The van der Waals surface area contributed by atoms with Crippen molar-refractivity contribution >= 4 is 44.8 Å². The van der Waals surface area contributed by atoms with E-state index in [2.05, 4.69) is 20.6 Å². The second-order valence-corrected chi connectivity index (χ2v) is 6.71. The van der Waals surface area contributed by atoms with Gasteiger partial charge >= 0.3 is 0 Å². The minimum atomic E-state index is -0.343. The van der Waals surface area contributed by atoms with Crippen LogP contribution in [0, 0.1) is 6.92 Å². The predicted octanol–water partition coefficient (Wildman–Crippen LogP) is 3.34. The molecule has 0 aliphatic carbocycles. The zero-order valence-electron chi connectivity index (χ0n) is 12.8. The van der Waals surface area contributed by atoms with E-state index in [0.717, 1.165) is 11.3 Å². The number of rotatable bonds is 5. The first-order valence-corrected chi connectivity index (χ1v) is 8.89. The highest BCUT2D eigenvalue weighted by atomic mass is 32.1. The number of hydrogen-bond donors (Lipinski definition) is 2. The van der Waals surface area contributed by atoms with Crippen LogP contribution in [0.1, 0.15) is 21.7 Å². The van der Waals surface area contributed by atoms with Crippen molar-refractivity contribution in [2.75, 3.05) is 10.6 Å². The Labute approximate surface area is 146 Å². The smallest absolute Gasteiger partial charge is 0.276 e. The average Bonchev–Trinajstić information content (AvgIpc) is 3.17. The van der Waals surface area contributed by atoms with Gasteiger partial charge in [0.05, 0.1) is 12.1 Å². The van der Waals surface area contributed by atoms with E-state index in [1.54, 1.807) is 5.38 Å². The van der Waals surface area contributed by atoms with E-state index in [1.807, 2.05) is 42.6 Å². The van der Waals surface area contributed by atoms with Gasteiger partial charge in [-0.15, -0.1) is 22.7 Å². The Bertz CT molecular complexity index is 858. The molecule has 0 atom stereocenters. The second kappa shape index (κ2) is 7.33. The Morgan fingerprint density at radius 1 is 1.00 bits per heavy atom. The van der Waals surface area contributed by atoms with Gasteiger partial charge in [-0.1, -0.05) is 30.3 Å². The van der Waals surface area contributed by atoms with Crippen molar-refractivity contribution in [1.82, 2.24) is 9.97 Å². The van der Waals surface area contributed by atoms with Gasteiger partial charge in [-0.25, -0.2) is 9.97 Å². The molecular formula is C16H14N4O2S2. The molecule has 0 fully saturated rings. The lowest BCUT2D eigenvalue weighted by atomic mass is 10.1. The maximum absolute atomic E-state index is 12.1. The van der Waals surface area contributed by atoms with Crippen molar-refractivity contribution in [2.24, 2.45) is 0 Å². The molecule has 0 saturated heterocycles. The van der Waals surface area contributed by atoms with Crippen molar-refractivity contribution in [1.29, 1.82) is 0 Å². The normalized spacial score (nSPS) is 10.4. The highest BCUT2D eigenvalue weighted by Gasteiger charge is 2.14. The Balaban J connectivity index is 1.58. The van der Waals surface area contributed by atoms with Crippen LogP contribution in [0.25, 0.3) is 0 Å². The summed E-state index contributed by atoms with van der Waals surface area (Å²) in [4.78, 5) is 32.4. The summed E-state index contributed by atoms with van der Waals surface area (Å²) in [6, 6.07) is 9.44. The highest BCUT2D eigenvalue weighted by Crippen LogP contribution is 2.19. The Morgan fingerprint density at radius 3 is 2.42 bits per heavy atom. The molecule has 0 saturated carbocycles. The first-order chi connectivity index (χ1) is 11.6. The maximum atomic E-state index is 12.1. The molecule has 0 aliphatic heterocycles. The molecule has 3 rings (SSSR count). The van der Waals surface area contributed by atoms with Gasteiger partial charge in [0.1, 0.15) is 5.69 Å². The predicted molar refractivity (Wildman–Crippen MR) is 95.7 cm³/mol. The van der Waals surface area contributed by atoms with E-state index in [4.69, 9.17) is 0 Å². The van der Waals surface area contributed by atoms with E-state index >= 15 is 0 Å². The zero-order valence-corrected chi connectivity index (χ0v) is 14.4. The van der Waals surface area contributed by atoms with Crippen molar-refractivity contribution in [3.63, 3.8) is 0 Å². The van der Waals surface area contributed by atoms with Crippen LogP contribution in [0.2, 0.25) is 0 Å². The first-order valence-electron chi connectivity index (χ1n) is 7.13. The number of anilines is 2. The molecule has 3 aromatic rings. The van der Waals surface area contributed by atoms with Crippen molar-refractivity contribution in [2.45, 2.75) is 13.3 Å². The van der Waals surface area contributed by atoms with Crippen molar-refractivity contribution < 1.29 is 9.59 Å². The maximum Gasteiger partial charge on any atom is 0.276 e. The van der Waals surface area contributed by atoms with Crippen molar-refractivity contribution in [3.05, 3.63) is 58.0 Å². The number of nitrogens with one attached hydrogen (secondary N) is 2. The fourth-order valence-corrected chi connectivity index (χ4v) is 3.34. The molecule has 0 bridgehead atoms. The third-order valence-electron chi connectivity index (χ3n) is 3.03. The summed E-state index contributed by atoms with van der Waals surface area (Å²) in [5.41, 5.74) is 2.02. The fraction of sp³-hybridized carbons (Fsp3) is 0.125. The lowest BCUT2D eigenvalue weighted by Crippen LogP contribution is -2.15. The Morgan fingerprint density at radius 2 is 1.71 bits per heavy atom. The monoisotopic (exact) mass is 358 g/mol. The molecule has 2 aromatic heterocycles. The molecule has 1 aromatic carbocycles. The number of carbonyl (C=O) groups is 2. The van der Waals surface area contributed by atoms with Crippen LogP contribution in [0.4, 0.5) is 10.3 Å². The van der Waals surface area contributed by atoms with E-state index < -0.39 is 0 Å². The van der Waals surface area contributed by atoms with E-state index in [0.29, 0.717) is 10.3 Å². The summed E-state index contributed by atoms with van der Waals surface area (Å²) in [6.07, 6.45) is 0.264. The molecular weight excluding hydrogens is 344 g/mol. The summed E-state index contributed by atoms with van der Waals surface area (Å²) in [5.74, 6) is -0.512. The van der Waals surface area contributed by atoms with Gasteiger partial charge in [0.25, 0.3) is 5.91 Å². The van der Waals surface area contributed by atoms with Gasteiger partial charge in [0.15, 0.2) is 10.3 Å². The lowest BCUT2D eigenvalue weighted by molar-refractivity contribution is -0.115. The highest BCUT2D eigenvalue weighted by molar-refractivity contribution is 7.14. The molecule has 0 spiro atoms. The quantitative estimate of drug-likeness (QED) is 0.733. The average molecular weight is 358 g/mol. The molecule has 0 aliphatic rings. The Hall–Kier alpha value is -2.58. The number of thiazole rings is 2. The van der Waals surface area contributed by atoms with Crippen LogP contribution < -0.4 is 10.6 Å². The van der Waals surface area contributed by atoms with E-state index in [-0.39, 0.29) is 23.9 Å². The van der Waals surface area contributed by atoms with Gasteiger partial charge in [-0.05, 0) is 12.5 Å². The molecule has 2 heterocycles. The lowest BCUT2D eigenvalue weighted by Gasteiger charge is -2.01. The van der Waals surface area contributed by atoms with Crippen LogP contribution in [0.3, 0.4) is 0 Å². The largest absolute Gasteiger partial charge is 0.302 e. The SMILES string of the molecule is Cc1csc(NC(=O)c2csc(NC(=O)Cc3ccccc3)n2)n1. The fourth-order valence-electron chi connectivity index (χ4n) is 1.95. The minimum absolute atomic E-state index is 0.168. The molecule has 0 radical (unpaired) electrons. The third-order valence-corrected chi connectivity index (χ3v) is 4.66. The van der Waals surface area contributed by atoms with Crippen molar-refractivity contribution in [3.8, 4) is 0 Å². The first kappa shape index (κ1) is 16.3. The van der Waals surface area contributed by atoms with E-state index in [9.17, 15) is 9.59 Å². The van der Waals surface area contributed by atoms with Crippen LogP contribution in [-0.4, -0.2) is 21.8 Å². The molecule has 122 valence electrons. The summed E-state index contributed by atoms with van der Waals surface area (Å²) in [7, 11) is 0. The second-order valence-electron chi connectivity index (χ2n) is 5.00. The topological polar surface area (TPSA) is 84.0 Å². The standard InChI is InChI=1S/C16H14N4O2S2/c1-10-8-23-15(17-10)20-14(22)12-9-24-16(18-12)19-13(21)7-11-5-3-2-4-6-11/h2-6,8-9H,7H2,1H3,(H,17,20,22)(H,18,19,21). The van der Waals surface area contributed by atoms with E-state index in [1.165, 1.54) is 22.7 Å². The molecule has 24 heavy (non-hydrogen) atoms. The molecule has 0 unspecified atom stereocenters. The molecule has 6 nitrogen and oxygen atoms in total. The summed E-state index contributed by atoms with van der Waals surface area (Å²) in [5, 5.41) is 9.78. The number of carbonyl (C=O) groups excluding carboxylic acids is 2. The van der Waals surface area contributed by atoms with Gasteiger partial charge in [0, 0.05) is 10.8 Å². The van der Waals surface area contributed by atoms with Gasteiger partial charge < -0.3 is 5.32 Å². The van der Waals surface area contributed by atoms with Crippen LogP contribution in [-0.2, 0) is 11.2 Å². The van der Waals surface area contributed by atoms with Gasteiger partial charge in [0.2, 0.25) is 5.91 Å². The molecule has 8 heteroatoms. The number of aromatic nitrogens is 2. The summed E-state index contributed by atoms with van der Waals surface area (Å²) in [6.45, 7) is 1.86. The van der Waals surface area contributed by atoms with Crippen LogP contribution in [0.15, 0.2) is 41.1 Å². The number of nitrogens with zero attached hydrogens (tertiary/aromatic N) is 2. The number of hydrogen-bond acceptors (Lipinski definition) is 6. The molecule has 2 N–H and O–H groups in total.